The van der Waals surface area contributed by atoms with Gasteiger partial charge in [-0.25, -0.2) is 0 Å². The van der Waals surface area contributed by atoms with Crippen LogP contribution in [0.1, 0.15) is 45.4 Å². The van der Waals surface area contributed by atoms with E-state index in [-0.39, 0.29) is 0 Å². The first kappa shape index (κ1) is 12.3. The maximum atomic E-state index is 5.76. The van der Waals surface area contributed by atoms with Crippen molar-refractivity contribution >= 4 is 0 Å². The van der Waals surface area contributed by atoms with Crippen molar-refractivity contribution in [1.82, 2.24) is 5.43 Å². The number of hydrogen-bond donors (Lipinski definition) is 2. The number of hydrazine groups is 1. The Morgan fingerprint density at radius 2 is 1.88 bits per heavy atom. The summed E-state index contributed by atoms with van der Waals surface area (Å²) in [5.74, 6) is 8.09. The lowest BCUT2D eigenvalue weighted by Crippen LogP contribution is -2.49. The minimum atomic E-state index is 0.479. The third kappa shape index (κ3) is 2.96. The molecule has 1 saturated heterocycles. The molecule has 0 aromatic heterocycles. The Hall–Kier alpha value is -0.120. The molecule has 0 spiro atoms. The van der Waals surface area contributed by atoms with Gasteiger partial charge in [-0.2, -0.15) is 0 Å². The van der Waals surface area contributed by atoms with Crippen LogP contribution < -0.4 is 11.3 Å². The smallest absolute Gasteiger partial charge is 0.0509 e. The van der Waals surface area contributed by atoms with Gasteiger partial charge in [-0.15, -0.1) is 0 Å². The minimum absolute atomic E-state index is 0.479. The van der Waals surface area contributed by atoms with Crippen LogP contribution in [0.5, 0.6) is 0 Å². The predicted octanol–water partition coefficient (Wildman–Crippen LogP) is 2.07. The molecular formula is C13H26N2O. The Morgan fingerprint density at radius 1 is 1.12 bits per heavy atom. The Bertz CT molecular complexity index is 196. The van der Waals surface area contributed by atoms with Crippen LogP contribution in [0, 0.1) is 17.8 Å². The summed E-state index contributed by atoms with van der Waals surface area (Å²) >= 11 is 0. The molecule has 2 rings (SSSR count). The van der Waals surface area contributed by atoms with Crippen LogP contribution >= 0.6 is 0 Å². The molecule has 0 bridgehead atoms. The number of nitrogens with two attached hydrogens (primary N) is 1. The summed E-state index contributed by atoms with van der Waals surface area (Å²) in [6, 6.07) is 0.479. The van der Waals surface area contributed by atoms with Crippen LogP contribution in [-0.4, -0.2) is 19.3 Å². The summed E-state index contributed by atoms with van der Waals surface area (Å²) in [5.41, 5.74) is 3.08. The van der Waals surface area contributed by atoms with E-state index in [0.717, 1.165) is 25.0 Å². The van der Waals surface area contributed by atoms with Crippen molar-refractivity contribution in [3.8, 4) is 0 Å². The van der Waals surface area contributed by atoms with Gasteiger partial charge in [0.2, 0.25) is 0 Å². The van der Waals surface area contributed by atoms with Crippen molar-refractivity contribution in [3.63, 3.8) is 0 Å². The Kier molecular flexibility index (Phi) is 4.62. The fourth-order valence-corrected chi connectivity index (χ4v) is 3.35. The number of nitrogens with one attached hydrogen (secondary N) is 1. The molecule has 0 amide bonds. The van der Waals surface area contributed by atoms with E-state index in [0.29, 0.717) is 12.0 Å². The molecule has 2 atom stereocenters. The molecule has 94 valence electrons. The summed E-state index contributed by atoms with van der Waals surface area (Å²) in [6.45, 7) is 4.21. The van der Waals surface area contributed by atoms with Crippen molar-refractivity contribution in [2.75, 3.05) is 13.2 Å². The highest BCUT2D eigenvalue weighted by Crippen LogP contribution is 2.34. The molecule has 0 aromatic rings. The summed E-state index contributed by atoms with van der Waals surface area (Å²) in [5, 5.41) is 0. The van der Waals surface area contributed by atoms with Crippen LogP contribution in [-0.2, 0) is 4.74 Å². The normalized spacial score (nSPS) is 38.2. The van der Waals surface area contributed by atoms with Crippen molar-refractivity contribution in [2.45, 2.75) is 51.5 Å². The minimum Gasteiger partial charge on any atom is -0.381 e. The second-order valence-electron chi connectivity index (χ2n) is 5.69. The fraction of sp³-hybridized carbons (Fsp3) is 1.00. The highest BCUT2D eigenvalue weighted by molar-refractivity contribution is 4.85. The molecule has 1 heterocycles. The number of rotatable bonds is 3. The molecule has 3 heteroatoms. The summed E-state index contributed by atoms with van der Waals surface area (Å²) < 4.78 is 5.58. The topological polar surface area (TPSA) is 47.3 Å². The van der Waals surface area contributed by atoms with Gasteiger partial charge in [0.15, 0.2) is 0 Å². The third-order valence-electron chi connectivity index (χ3n) is 4.46. The van der Waals surface area contributed by atoms with Gasteiger partial charge < -0.3 is 4.74 Å². The monoisotopic (exact) mass is 226 g/mol. The third-order valence-corrected chi connectivity index (χ3v) is 4.46. The lowest BCUT2D eigenvalue weighted by molar-refractivity contribution is 0.0228. The van der Waals surface area contributed by atoms with Crippen molar-refractivity contribution in [1.29, 1.82) is 0 Å². The maximum Gasteiger partial charge on any atom is 0.0509 e. The zero-order chi connectivity index (χ0) is 11.4. The Labute approximate surface area is 99.1 Å². The Morgan fingerprint density at radius 3 is 2.44 bits per heavy atom. The van der Waals surface area contributed by atoms with Gasteiger partial charge in [0.05, 0.1) is 6.61 Å². The van der Waals surface area contributed by atoms with E-state index in [1.807, 2.05) is 0 Å². The first-order valence-electron chi connectivity index (χ1n) is 6.85. The van der Waals surface area contributed by atoms with E-state index in [1.54, 1.807) is 0 Å². The SMILES string of the molecule is CC1CCC(C(NN)C2CCCOC2)CC1. The van der Waals surface area contributed by atoms with Crippen molar-refractivity contribution in [3.05, 3.63) is 0 Å². The number of hydrogen-bond acceptors (Lipinski definition) is 3. The van der Waals surface area contributed by atoms with Crippen LogP contribution in [0.25, 0.3) is 0 Å². The molecule has 3 N–H and O–H groups in total. The molecule has 16 heavy (non-hydrogen) atoms. The second kappa shape index (κ2) is 5.99. The van der Waals surface area contributed by atoms with E-state index >= 15 is 0 Å². The van der Waals surface area contributed by atoms with Crippen LogP contribution in [0.4, 0.5) is 0 Å². The van der Waals surface area contributed by atoms with E-state index in [1.165, 1.54) is 38.5 Å². The molecule has 2 aliphatic rings. The first-order valence-corrected chi connectivity index (χ1v) is 6.85. The van der Waals surface area contributed by atoms with Crippen LogP contribution in [0.15, 0.2) is 0 Å². The molecule has 0 radical (unpaired) electrons. The average molecular weight is 226 g/mol. The van der Waals surface area contributed by atoms with Crippen LogP contribution in [0.3, 0.4) is 0 Å². The Balaban J connectivity index is 1.88. The molecule has 1 aliphatic carbocycles. The molecule has 1 aliphatic heterocycles. The zero-order valence-electron chi connectivity index (χ0n) is 10.5. The van der Waals surface area contributed by atoms with Gasteiger partial charge in [0.25, 0.3) is 0 Å². The fourth-order valence-electron chi connectivity index (χ4n) is 3.35. The van der Waals surface area contributed by atoms with Crippen LogP contribution in [0.2, 0.25) is 0 Å². The van der Waals surface area contributed by atoms with Gasteiger partial charge in [-0.1, -0.05) is 19.8 Å². The second-order valence-corrected chi connectivity index (χ2v) is 5.69. The van der Waals surface area contributed by atoms with Crippen molar-refractivity contribution < 1.29 is 4.74 Å². The van der Waals surface area contributed by atoms with Gasteiger partial charge in [0, 0.05) is 12.6 Å². The maximum absolute atomic E-state index is 5.76. The summed E-state index contributed by atoms with van der Waals surface area (Å²) in [4.78, 5) is 0. The lowest BCUT2D eigenvalue weighted by Gasteiger charge is -2.38. The van der Waals surface area contributed by atoms with E-state index in [4.69, 9.17) is 10.6 Å². The van der Waals surface area contributed by atoms with Gasteiger partial charge >= 0.3 is 0 Å². The lowest BCUT2D eigenvalue weighted by atomic mass is 9.74. The molecule has 2 unspecified atom stereocenters. The standard InChI is InChI=1S/C13H26N2O/c1-10-4-6-11(7-5-10)13(15-14)12-3-2-8-16-9-12/h10-13,15H,2-9,14H2,1H3. The molecule has 3 nitrogen and oxygen atoms in total. The molecule has 0 aromatic carbocycles. The quantitative estimate of drug-likeness (QED) is 0.572. The van der Waals surface area contributed by atoms with Gasteiger partial charge in [0.1, 0.15) is 0 Å². The average Bonchev–Trinajstić information content (AvgIpc) is 2.34. The van der Waals surface area contributed by atoms with E-state index < -0.39 is 0 Å². The molecule has 1 saturated carbocycles. The highest BCUT2D eigenvalue weighted by atomic mass is 16.5. The predicted molar refractivity (Wildman–Crippen MR) is 65.8 cm³/mol. The molecular weight excluding hydrogens is 200 g/mol. The summed E-state index contributed by atoms with van der Waals surface area (Å²) in [6.07, 6.45) is 7.90. The van der Waals surface area contributed by atoms with E-state index in [2.05, 4.69) is 12.3 Å². The van der Waals surface area contributed by atoms with E-state index in [9.17, 15) is 0 Å². The summed E-state index contributed by atoms with van der Waals surface area (Å²) in [7, 11) is 0. The largest absolute Gasteiger partial charge is 0.381 e. The number of ether oxygens (including phenoxy) is 1. The van der Waals surface area contributed by atoms with Gasteiger partial charge in [-0.3, -0.25) is 11.3 Å². The first-order chi connectivity index (χ1) is 7.81. The van der Waals surface area contributed by atoms with Gasteiger partial charge in [-0.05, 0) is 43.4 Å². The molecule has 2 fully saturated rings. The highest BCUT2D eigenvalue weighted by Gasteiger charge is 2.32. The van der Waals surface area contributed by atoms with Crippen molar-refractivity contribution in [2.24, 2.45) is 23.6 Å². The zero-order valence-corrected chi connectivity index (χ0v) is 10.5.